The summed E-state index contributed by atoms with van der Waals surface area (Å²) in [6, 6.07) is 20.0. The number of imide groups is 1. The van der Waals surface area contributed by atoms with E-state index in [-0.39, 0.29) is 11.1 Å². The van der Waals surface area contributed by atoms with Gasteiger partial charge >= 0.3 is 0 Å². The fourth-order valence-electron chi connectivity index (χ4n) is 3.81. The van der Waals surface area contributed by atoms with Crippen LogP contribution in [0.2, 0.25) is 0 Å². The molecule has 2 aromatic carbocycles. The van der Waals surface area contributed by atoms with Crippen molar-refractivity contribution in [1.29, 1.82) is 0 Å². The molecule has 3 heterocycles. The summed E-state index contributed by atoms with van der Waals surface area (Å²) in [6.45, 7) is 3.78. The Bertz CT molecular complexity index is 1210. The monoisotopic (exact) mass is 473 g/mol. The maximum atomic E-state index is 11.8. The Morgan fingerprint density at radius 3 is 2.38 bits per heavy atom. The standard InChI is InChI=1S/C25H23N5O3S/c31-23-22(34-25(32)28-23)16-19-10-11-26-24(27-19)30-14-12-29(13-15-30)20-6-8-21(9-7-20)33-17-18-4-2-1-3-5-18/h1-11,16H,12-15,17H2,(H,28,31,32). The number of ether oxygens (including phenoxy) is 1. The molecule has 8 nitrogen and oxygen atoms in total. The van der Waals surface area contributed by atoms with E-state index >= 15 is 0 Å². The van der Waals surface area contributed by atoms with Gasteiger partial charge in [0.1, 0.15) is 12.4 Å². The number of amides is 2. The summed E-state index contributed by atoms with van der Waals surface area (Å²) in [5.41, 5.74) is 2.90. The number of nitrogens with one attached hydrogen (secondary N) is 1. The Kier molecular flexibility index (Phi) is 6.44. The Balaban J connectivity index is 1.17. The van der Waals surface area contributed by atoms with Crippen molar-refractivity contribution >= 4 is 40.6 Å². The molecule has 2 amide bonds. The second kappa shape index (κ2) is 9.96. The molecule has 2 saturated heterocycles. The molecule has 0 unspecified atom stereocenters. The molecular formula is C25H23N5O3S. The van der Waals surface area contributed by atoms with Crippen LogP contribution in [0.1, 0.15) is 11.3 Å². The van der Waals surface area contributed by atoms with Gasteiger partial charge in [-0.3, -0.25) is 14.9 Å². The largest absolute Gasteiger partial charge is 0.489 e. The molecule has 3 aromatic rings. The highest BCUT2D eigenvalue weighted by Crippen LogP contribution is 2.26. The van der Waals surface area contributed by atoms with Crippen LogP contribution >= 0.6 is 11.8 Å². The smallest absolute Gasteiger partial charge is 0.290 e. The lowest BCUT2D eigenvalue weighted by Gasteiger charge is -2.36. The van der Waals surface area contributed by atoms with E-state index in [1.54, 1.807) is 18.3 Å². The number of hydrogen-bond donors (Lipinski definition) is 1. The Morgan fingerprint density at radius 1 is 0.941 bits per heavy atom. The molecule has 172 valence electrons. The third-order valence-corrected chi connectivity index (χ3v) is 6.41. The van der Waals surface area contributed by atoms with Crippen molar-refractivity contribution in [1.82, 2.24) is 15.3 Å². The molecule has 9 heteroatoms. The Morgan fingerprint density at radius 2 is 1.68 bits per heavy atom. The number of hydrogen-bond acceptors (Lipinski definition) is 8. The molecule has 0 saturated carbocycles. The van der Waals surface area contributed by atoms with Crippen molar-refractivity contribution in [3.05, 3.63) is 83.0 Å². The van der Waals surface area contributed by atoms with Crippen molar-refractivity contribution in [3.8, 4) is 5.75 Å². The minimum absolute atomic E-state index is 0.343. The molecule has 1 N–H and O–H groups in total. The lowest BCUT2D eigenvalue weighted by atomic mass is 10.2. The van der Waals surface area contributed by atoms with Gasteiger partial charge in [-0.15, -0.1) is 0 Å². The fraction of sp³-hybridized carbons (Fsp3) is 0.200. The lowest BCUT2D eigenvalue weighted by molar-refractivity contribution is -0.115. The highest BCUT2D eigenvalue weighted by atomic mass is 32.2. The molecule has 34 heavy (non-hydrogen) atoms. The number of rotatable bonds is 6. The maximum Gasteiger partial charge on any atom is 0.290 e. The molecule has 0 bridgehead atoms. The molecule has 2 aliphatic rings. The van der Waals surface area contributed by atoms with Crippen LogP contribution in [0, 0.1) is 0 Å². The third-order valence-electron chi connectivity index (χ3n) is 5.60. The van der Waals surface area contributed by atoms with E-state index < -0.39 is 0 Å². The van der Waals surface area contributed by atoms with Crippen LogP contribution < -0.4 is 19.9 Å². The lowest BCUT2D eigenvalue weighted by Crippen LogP contribution is -2.47. The van der Waals surface area contributed by atoms with E-state index in [1.165, 1.54) is 0 Å². The maximum absolute atomic E-state index is 11.8. The number of piperazine rings is 1. The predicted molar refractivity (Wildman–Crippen MR) is 133 cm³/mol. The number of thioether (sulfide) groups is 1. The van der Waals surface area contributed by atoms with Crippen LogP contribution in [-0.2, 0) is 11.4 Å². The number of carbonyl (C=O) groups is 2. The predicted octanol–water partition coefficient (Wildman–Crippen LogP) is 3.71. The van der Waals surface area contributed by atoms with E-state index in [1.807, 2.05) is 30.3 Å². The van der Waals surface area contributed by atoms with Crippen LogP contribution in [0.25, 0.3) is 6.08 Å². The Labute approximate surface area is 201 Å². The summed E-state index contributed by atoms with van der Waals surface area (Å²) < 4.78 is 5.89. The minimum Gasteiger partial charge on any atom is -0.489 e. The molecule has 0 atom stereocenters. The topological polar surface area (TPSA) is 87.7 Å². The van der Waals surface area contributed by atoms with E-state index in [2.05, 4.69) is 49.4 Å². The zero-order chi connectivity index (χ0) is 23.3. The van der Waals surface area contributed by atoms with Crippen LogP contribution in [0.15, 0.2) is 71.8 Å². The number of carbonyl (C=O) groups excluding carboxylic acids is 2. The zero-order valence-electron chi connectivity index (χ0n) is 18.4. The first-order chi connectivity index (χ1) is 16.6. The molecule has 1 aromatic heterocycles. The summed E-state index contributed by atoms with van der Waals surface area (Å²) >= 11 is 0.882. The first kappa shape index (κ1) is 22.0. The highest BCUT2D eigenvalue weighted by Gasteiger charge is 2.25. The van der Waals surface area contributed by atoms with Crippen molar-refractivity contribution in [3.63, 3.8) is 0 Å². The van der Waals surface area contributed by atoms with Gasteiger partial charge in [0.05, 0.1) is 10.6 Å². The van der Waals surface area contributed by atoms with Gasteiger partial charge < -0.3 is 14.5 Å². The van der Waals surface area contributed by atoms with Crippen molar-refractivity contribution < 1.29 is 14.3 Å². The third kappa shape index (κ3) is 5.20. The molecule has 5 rings (SSSR count). The average Bonchev–Trinajstić information content (AvgIpc) is 3.20. The van der Waals surface area contributed by atoms with Crippen molar-refractivity contribution in [2.75, 3.05) is 36.0 Å². The normalized spacial score (nSPS) is 17.2. The molecule has 2 fully saturated rings. The van der Waals surface area contributed by atoms with E-state index in [0.29, 0.717) is 23.2 Å². The van der Waals surface area contributed by atoms with Gasteiger partial charge in [0.25, 0.3) is 11.1 Å². The molecule has 0 radical (unpaired) electrons. The highest BCUT2D eigenvalue weighted by molar-refractivity contribution is 8.18. The van der Waals surface area contributed by atoms with Crippen LogP contribution in [0.3, 0.4) is 0 Å². The average molecular weight is 474 g/mol. The number of benzene rings is 2. The summed E-state index contributed by atoms with van der Waals surface area (Å²) in [5.74, 6) is 1.08. The molecule has 0 aliphatic carbocycles. The minimum atomic E-state index is -0.389. The SMILES string of the molecule is O=C1NC(=O)C(=Cc2ccnc(N3CCN(c4ccc(OCc5ccccc5)cc4)CC3)n2)S1. The number of aromatic nitrogens is 2. The summed E-state index contributed by atoms with van der Waals surface area (Å²) in [5, 5.41) is 1.89. The number of anilines is 2. The fourth-order valence-corrected chi connectivity index (χ4v) is 4.48. The van der Waals surface area contributed by atoms with Crippen LogP contribution in [0.5, 0.6) is 5.75 Å². The quantitative estimate of drug-likeness (QED) is 0.542. The van der Waals surface area contributed by atoms with Gasteiger partial charge in [0.2, 0.25) is 5.95 Å². The molecular weight excluding hydrogens is 450 g/mol. The van der Waals surface area contributed by atoms with Gasteiger partial charge in [0, 0.05) is 38.1 Å². The Hall–Kier alpha value is -3.85. The van der Waals surface area contributed by atoms with Crippen LogP contribution in [0.4, 0.5) is 16.4 Å². The molecule has 2 aliphatic heterocycles. The summed E-state index contributed by atoms with van der Waals surface area (Å²) in [7, 11) is 0. The second-order valence-corrected chi connectivity index (χ2v) is 8.89. The van der Waals surface area contributed by atoms with Gasteiger partial charge in [-0.05, 0) is 53.7 Å². The van der Waals surface area contributed by atoms with Gasteiger partial charge in [-0.2, -0.15) is 0 Å². The van der Waals surface area contributed by atoms with Crippen molar-refractivity contribution in [2.24, 2.45) is 0 Å². The summed E-state index contributed by atoms with van der Waals surface area (Å²) in [6.07, 6.45) is 3.29. The first-order valence-corrected chi connectivity index (χ1v) is 11.8. The second-order valence-electron chi connectivity index (χ2n) is 7.88. The van der Waals surface area contributed by atoms with Gasteiger partial charge in [0.15, 0.2) is 0 Å². The first-order valence-electron chi connectivity index (χ1n) is 11.0. The van der Waals surface area contributed by atoms with Gasteiger partial charge in [-0.1, -0.05) is 30.3 Å². The van der Waals surface area contributed by atoms with Crippen molar-refractivity contribution in [2.45, 2.75) is 6.61 Å². The van der Waals surface area contributed by atoms with E-state index in [0.717, 1.165) is 54.9 Å². The molecule has 0 spiro atoms. The van der Waals surface area contributed by atoms with E-state index in [4.69, 9.17) is 4.74 Å². The zero-order valence-corrected chi connectivity index (χ0v) is 19.2. The van der Waals surface area contributed by atoms with Crippen LogP contribution in [-0.4, -0.2) is 47.3 Å². The number of nitrogens with zero attached hydrogens (tertiary/aromatic N) is 4. The van der Waals surface area contributed by atoms with E-state index in [9.17, 15) is 9.59 Å². The summed E-state index contributed by atoms with van der Waals surface area (Å²) in [4.78, 5) is 36.9. The van der Waals surface area contributed by atoms with Gasteiger partial charge in [-0.25, -0.2) is 9.97 Å².